The second-order valence-electron chi connectivity index (χ2n) is 7.20. The van der Waals surface area contributed by atoms with Crippen LogP contribution in [0.2, 0.25) is 0 Å². The Labute approximate surface area is 185 Å². The number of alkyl halides is 3. The fourth-order valence-corrected chi connectivity index (χ4v) is 3.38. The summed E-state index contributed by atoms with van der Waals surface area (Å²) in [7, 11) is 0. The van der Waals surface area contributed by atoms with Crippen LogP contribution >= 0.6 is 0 Å². The van der Waals surface area contributed by atoms with Crippen LogP contribution in [-0.4, -0.2) is 11.8 Å². The lowest BCUT2D eigenvalue weighted by Gasteiger charge is -2.15. The fraction of sp³-hybridized carbons (Fsp3) is 0.0833. The number of benzene rings is 3. The summed E-state index contributed by atoms with van der Waals surface area (Å²) in [6.07, 6.45) is -4.84. The van der Waals surface area contributed by atoms with E-state index in [0.29, 0.717) is 22.6 Å². The van der Waals surface area contributed by atoms with Gasteiger partial charge in [0, 0.05) is 16.6 Å². The van der Waals surface area contributed by atoms with Crippen LogP contribution in [0.25, 0.3) is 11.0 Å². The number of carbonyl (C=O) groups is 2. The number of para-hydroxylation sites is 1. The normalized spacial score (nSPS) is 11.4. The molecule has 1 heterocycles. The lowest BCUT2D eigenvalue weighted by atomic mass is 10.1. The first-order valence-electron chi connectivity index (χ1n) is 9.72. The highest BCUT2D eigenvalue weighted by molar-refractivity contribution is 6.07. The van der Waals surface area contributed by atoms with Crippen molar-refractivity contribution in [3.8, 4) is 0 Å². The highest BCUT2D eigenvalue weighted by Gasteiger charge is 2.35. The number of hydrogen-bond donors (Lipinski definition) is 2. The van der Waals surface area contributed by atoms with Gasteiger partial charge in [0.25, 0.3) is 11.8 Å². The summed E-state index contributed by atoms with van der Waals surface area (Å²) >= 11 is 0. The van der Waals surface area contributed by atoms with Crippen LogP contribution < -0.4 is 10.6 Å². The average molecular weight is 456 g/mol. The van der Waals surface area contributed by atoms with Crippen LogP contribution in [0.3, 0.4) is 0 Å². The summed E-state index contributed by atoms with van der Waals surface area (Å²) in [4.78, 5) is 24.9. The number of anilines is 2. The third-order valence-electron chi connectivity index (χ3n) is 5.00. The molecule has 0 aliphatic rings. The van der Waals surface area contributed by atoms with Crippen molar-refractivity contribution in [1.29, 1.82) is 0 Å². The van der Waals surface area contributed by atoms with E-state index in [4.69, 9.17) is 4.42 Å². The van der Waals surface area contributed by atoms with Crippen molar-refractivity contribution in [2.45, 2.75) is 13.1 Å². The Morgan fingerprint density at radius 3 is 2.27 bits per heavy atom. The van der Waals surface area contributed by atoms with Crippen LogP contribution in [0.5, 0.6) is 0 Å². The Balaban J connectivity index is 1.63. The molecule has 2 amide bonds. The van der Waals surface area contributed by atoms with E-state index in [1.54, 1.807) is 31.2 Å². The van der Waals surface area contributed by atoms with Gasteiger partial charge in [-0.15, -0.1) is 0 Å². The third kappa shape index (κ3) is 4.43. The number of hydrogen-bond acceptors (Lipinski definition) is 3. The van der Waals surface area contributed by atoms with Gasteiger partial charge in [-0.2, -0.15) is 13.2 Å². The number of nitrogens with one attached hydrogen (secondary N) is 2. The third-order valence-corrected chi connectivity index (χ3v) is 5.00. The van der Waals surface area contributed by atoms with Gasteiger partial charge in [0.15, 0.2) is 5.76 Å². The monoisotopic (exact) mass is 456 g/mol. The van der Waals surface area contributed by atoms with Crippen molar-refractivity contribution in [2.24, 2.45) is 0 Å². The van der Waals surface area contributed by atoms with E-state index in [1.807, 2.05) is 0 Å². The molecular weight excluding hydrogens is 440 g/mol. The van der Waals surface area contributed by atoms with E-state index in [0.717, 1.165) is 12.1 Å². The summed E-state index contributed by atoms with van der Waals surface area (Å²) in [5.74, 6) is -2.68. The molecule has 0 saturated carbocycles. The molecular formula is C24H16F4N2O3. The minimum absolute atomic E-state index is 0.110. The molecule has 168 valence electrons. The van der Waals surface area contributed by atoms with Crippen LogP contribution in [0, 0.1) is 12.7 Å². The van der Waals surface area contributed by atoms with E-state index in [9.17, 15) is 27.2 Å². The first kappa shape index (κ1) is 22.1. The van der Waals surface area contributed by atoms with Crippen molar-refractivity contribution >= 4 is 34.2 Å². The molecule has 5 nitrogen and oxygen atoms in total. The smallest absolute Gasteiger partial charge is 0.418 e. The standard InChI is InChI=1S/C24H16F4N2O3/c1-13-15-6-3-5-9-20(15)33-21(13)23(32)30-19-11-10-14(12-17(19)24(26,27)28)29-22(31)16-7-2-4-8-18(16)25/h2-12H,1H3,(H,29,31)(H,30,32). The zero-order chi connectivity index (χ0) is 23.8. The molecule has 4 rings (SSSR count). The average Bonchev–Trinajstić information content (AvgIpc) is 3.11. The number of aryl methyl sites for hydroxylation is 1. The minimum atomic E-state index is -4.84. The predicted molar refractivity (Wildman–Crippen MR) is 115 cm³/mol. The highest BCUT2D eigenvalue weighted by atomic mass is 19.4. The predicted octanol–water partition coefficient (Wildman–Crippen LogP) is 6.40. The summed E-state index contributed by atoms with van der Waals surface area (Å²) in [6, 6.07) is 14.8. The maximum Gasteiger partial charge on any atom is 0.418 e. The van der Waals surface area contributed by atoms with Crippen molar-refractivity contribution in [2.75, 3.05) is 10.6 Å². The van der Waals surface area contributed by atoms with E-state index in [1.165, 1.54) is 24.3 Å². The first-order valence-corrected chi connectivity index (χ1v) is 9.72. The Bertz CT molecular complexity index is 1380. The van der Waals surface area contributed by atoms with Gasteiger partial charge in [0.05, 0.1) is 16.8 Å². The van der Waals surface area contributed by atoms with Crippen LogP contribution in [0.15, 0.2) is 71.1 Å². The molecule has 0 unspecified atom stereocenters. The maximum atomic E-state index is 13.8. The molecule has 0 fully saturated rings. The quantitative estimate of drug-likeness (QED) is 0.349. The second-order valence-corrected chi connectivity index (χ2v) is 7.20. The van der Waals surface area contributed by atoms with Gasteiger partial charge in [-0.05, 0) is 43.3 Å². The Morgan fingerprint density at radius 2 is 1.58 bits per heavy atom. The van der Waals surface area contributed by atoms with Crippen LogP contribution in [0.1, 0.15) is 32.0 Å². The van der Waals surface area contributed by atoms with Gasteiger partial charge in [0.2, 0.25) is 0 Å². The molecule has 33 heavy (non-hydrogen) atoms. The molecule has 0 aliphatic heterocycles. The maximum absolute atomic E-state index is 13.8. The van der Waals surface area contributed by atoms with Gasteiger partial charge in [-0.25, -0.2) is 4.39 Å². The SMILES string of the molecule is Cc1c(C(=O)Nc2ccc(NC(=O)c3ccccc3F)cc2C(F)(F)F)oc2ccccc12. The second kappa shape index (κ2) is 8.42. The summed E-state index contributed by atoms with van der Waals surface area (Å²) in [5.41, 5.74) is -1.31. The largest absolute Gasteiger partial charge is 0.451 e. The molecule has 0 aliphatic carbocycles. The Hall–Kier alpha value is -4.14. The first-order chi connectivity index (χ1) is 15.6. The molecule has 3 aromatic carbocycles. The van der Waals surface area contributed by atoms with Crippen LogP contribution in [0.4, 0.5) is 28.9 Å². The summed E-state index contributed by atoms with van der Waals surface area (Å²) in [6.45, 7) is 1.63. The van der Waals surface area contributed by atoms with E-state index >= 15 is 0 Å². The summed E-state index contributed by atoms with van der Waals surface area (Å²) < 4.78 is 60.4. The molecule has 0 atom stereocenters. The minimum Gasteiger partial charge on any atom is -0.451 e. The van der Waals surface area contributed by atoms with E-state index in [2.05, 4.69) is 10.6 Å². The van der Waals surface area contributed by atoms with Gasteiger partial charge in [-0.1, -0.05) is 30.3 Å². The lowest BCUT2D eigenvalue weighted by Crippen LogP contribution is -2.18. The van der Waals surface area contributed by atoms with Crippen molar-refractivity contribution in [1.82, 2.24) is 0 Å². The number of halogens is 4. The van der Waals surface area contributed by atoms with Gasteiger partial charge < -0.3 is 15.1 Å². The van der Waals surface area contributed by atoms with Crippen LogP contribution in [-0.2, 0) is 6.18 Å². The molecule has 0 saturated heterocycles. The van der Waals surface area contributed by atoms with E-state index in [-0.39, 0.29) is 17.0 Å². The van der Waals surface area contributed by atoms with Gasteiger partial charge >= 0.3 is 6.18 Å². The topological polar surface area (TPSA) is 71.3 Å². The molecule has 0 spiro atoms. The number of amides is 2. The van der Waals surface area contributed by atoms with E-state index < -0.39 is 35.1 Å². The number of fused-ring (bicyclic) bond motifs is 1. The Kier molecular flexibility index (Phi) is 5.63. The molecule has 9 heteroatoms. The highest BCUT2D eigenvalue weighted by Crippen LogP contribution is 2.37. The zero-order valence-electron chi connectivity index (χ0n) is 17.1. The van der Waals surface area contributed by atoms with Crippen molar-refractivity contribution < 1.29 is 31.6 Å². The van der Waals surface area contributed by atoms with Gasteiger partial charge in [0.1, 0.15) is 11.4 Å². The van der Waals surface area contributed by atoms with Gasteiger partial charge in [-0.3, -0.25) is 9.59 Å². The molecule has 0 radical (unpaired) electrons. The Morgan fingerprint density at radius 1 is 0.879 bits per heavy atom. The number of furan rings is 1. The lowest BCUT2D eigenvalue weighted by molar-refractivity contribution is -0.136. The number of rotatable bonds is 4. The molecule has 2 N–H and O–H groups in total. The fourth-order valence-electron chi connectivity index (χ4n) is 3.38. The molecule has 0 bridgehead atoms. The summed E-state index contributed by atoms with van der Waals surface area (Å²) in [5, 5.41) is 5.14. The molecule has 1 aromatic heterocycles. The van der Waals surface area contributed by atoms with Crippen molar-refractivity contribution in [3.05, 3.63) is 95.0 Å². The van der Waals surface area contributed by atoms with Crippen molar-refractivity contribution in [3.63, 3.8) is 0 Å². The molecule has 4 aromatic rings. The number of carbonyl (C=O) groups excluding carboxylic acids is 2. The zero-order valence-corrected chi connectivity index (χ0v) is 17.1.